The van der Waals surface area contributed by atoms with Crippen LogP contribution < -0.4 is 35.5 Å². The number of benzene rings is 1. The SMILES string of the molecule is CC.COc1cc(Nc2nc3c(n2CCNCC2CCCCC2)=CC=C(C(=O)N(CC(C)C)CC(C)C)CC=3)cc(OC)c1OC. The Balaban J connectivity index is 0.00000282. The summed E-state index contributed by atoms with van der Waals surface area (Å²) in [5, 5.41) is 9.07. The van der Waals surface area contributed by atoms with Gasteiger partial charge in [-0.05, 0) is 49.6 Å². The molecule has 1 saturated carbocycles. The predicted octanol–water partition coefficient (Wildman–Crippen LogP) is 5.88. The third-order valence-electron chi connectivity index (χ3n) is 8.32. The van der Waals surface area contributed by atoms with Crippen molar-refractivity contribution in [2.24, 2.45) is 17.8 Å². The van der Waals surface area contributed by atoms with Crippen LogP contribution in [0.5, 0.6) is 17.2 Å². The second-order valence-corrected chi connectivity index (χ2v) is 12.9. The molecule has 1 amide bonds. The smallest absolute Gasteiger partial charge is 0.250 e. The van der Waals surface area contributed by atoms with Gasteiger partial charge >= 0.3 is 0 Å². The van der Waals surface area contributed by atoms with Crippen molar-refractivity contribution in [2.45, 2.75) is 86.6 Å². The van der Waals surface area contributed by atoms with Gasteiger partial charge in [-0.15, -0.1) is 0 Å². The van der Waals surface area contributed by atoms with Crippen molar-refractivity contribution in [3.05, 3.63) is 34.5 Å². The highest BCUT2D eigenvalue weighted by atomic mass is 16.5. The van der Waals surface area contributed by atoms with E-state index in [1.165, 1.54) is 32.1 Å². The molecule has 0 saturated heterocycles. The zero-order chi connectivity index (χ0) is 33.6. The number of imidazole rings is 1. The van der Waals surface area contributed by atoms with Crippen LogP contribution in [0.3, 0.4) is 0 Å². The van der Waals surface area contributed by atoms with Crippen molar-refractivity contribution < 1.29 is 19.0 Å². The molecule has 256 valence electrons. The largest absolute Gasteiger partial charge is 0.493 e. The van der Waals surface area contributed by atoms with Gasteiger partial charge in [0, 0.05) is 49.6 Å². The van der Waals surface area contributed by atoms with Crippen LogP contribution in [0.25, 0.3) is 12.2 Å². The van der Waals surface area contributed by atoms with Gasteiger partial charge in [0.25, 0.3) is 0 Å². The number of ether oxygens (including phenoxy) is 3. The Kier molecular flexibility index (Phi) is 15.0. The number of fused-ring (bicyclic) bond motifs is 1. The van der Waals surface area contributed by atoms with Crippen LogP contribution in [0, 0.1) is 17.8 Å². The number of hydrogen-bond acceptors (Lipinski definition) is 7. The van der Waals surface area contributed by atoms with Crippen LogP contribution in [0.2, 0.25) is 0 Å². The van der Waals surface area contributed by atoms with Gasteiger partial charge in [0.2, 0.25) is 17.6 Å². The highest BCUT2D eigenvalue weighted by molar-refractivity contribution is 5.95. The number of rotatable bonds is 15. The van der Waals surface area contributed by atoms with Crippen LogP contribution >= 0.6 is 0 Å². The number of allylic oxidation sites excluding steroid dienone is 1. The monoisotopic (exact) mass is 637 g/mol. The second kappa shape index (κ2) is 18.6. The summed E-state index contributed by atoms with van der Waals surface area (Å²) in [6.07, 6.45) is 13.4. The van der Waals surface area contributed by atoms with E-state index in [2.05, 4.69) is 55.0 Å². The topological polar surface area (TPSA) is 89.9 Å². The Bertz CT molecular complexity index is 1370. The Hall–Kier alpha value is -3.46. The van der Waals surface area contributed by atoms with Gasteiger partial charge in [0.05, 0.1) is 32.0 Å². The molecule has 2 aliphatic carbocycles. The summed E-state index contributed by atoms with van der Waals surface area (Å²) in [6, 6.07) is 3.77. The van der Waals surface area contributed by atoms with Crippen molar-refractivity contribution >= 4 is 29.7 Å². The number of methoxy groups -OCH3 is 3. The van der Waals surface area contributed by atoms with Crippen LogP contribution in [-0.4, -0.2) is 67.9 Å². The molecular weight excluding hydrogens is 578 g/mol. The highest BCUT2D eigenvalue weighted by Crippen LogP contribution is 2.40. The fourth-order valence-corrected chi connectivity index (χ4v) is 6.24. The third kappa shape index (κ3) is 10.0. The van der Waals surface area contributed by atoms with E-state index in [-0.39, 0.29) is 5.91 Å². The van der Waals surface area contributed by atoms with Crippen molar-refractivity contribution in [1.82, 2.24) is 19.8 Å². The van der Waals surface area contributed by atoms with Crippen LogP contribution in [-0.2, 0) is 11.3 Å². The molecule has 2 aromatic rings. The zero-order valence-corrected chi connectivity index (χ0v) is 29.9. The van der Waals surface area contributed by atoms with E-state index in [9.17, 15) is 4.79 Å². The summed E-state index contributed by atoms with van der Waals surface area (Å²) in [4.78, 5) is 20.7. The van der Waals surface area contributed by atoms with E-state index in [0.29, 0.717) is 35.5 Å². The highest BCUT2D eigenvalue weighted by Gasteiger charge is 2.21. The maximum atomic E-state index is 13.7. The average molecular weight is 638 g/mol. The molecule has 4 rings (SSSR count). The first kappa shape index (κ1) is 37.0. The van der Waals surface area contributed by atoms with E-state index in [4.69, 9.17) is 19.2 Å². The average Bonchev–Trinajstić information content (AvgIpc) is 3.23. The first-order valence-corrected chi connectivity index (χ1v) is 17.3. The van der Waals surface area contributed by atoms with Gasteiger partial charge in [-0.25, -0.2) is 4.98 Å². The molecule has 1 aromatic carbocycles. The summed E-state index contributed by atoms with van der Waals surface area (Å²) in [5.41, 5.74) is 1.57. The normalized spacial score (nSPS) is 14.6. The maximum Gasteiger partial charge on any atom is 0.250 e. The molecule has 1 heterocycles. The molecule has 0 atom stereocenters. The van der Waals surface area contributed by atoms with Crippen molar-refractivity contribution in [2.75, 3.05) is 52.8 Å². The number of aromatic nitrogens is 2. The van der Waals surface area contributed by atoms with E-state index < -0.39 is 0 Å². The van der Waals surface area contributed by atoms with Crippen LogP contribution in [0.1, 0.15) is 80.1 Å². The molecule has 1 aromatic heterocycles. The Labute approximate surface area is 277 Å². The second-order valence-electron chi connectivity index (χ2n) is 12.9. The summed E-state index contributed by atoms with van der Waals surface area (Å²) in [5.74, 6) is 4.09. The van der Waals surface area contributed by atoms with Crippen LogP contribution in [0.15, 0.2) is 23.8 Å². The minimum atomic E-state index is 0.113. The van der Waals surface area contributed by atoms with Gasteiger partial charge in [0.1, 0.15) is 0 Å². The van der Waals surface area contributed by atoms with Crippen molar-refractivity contribution in [1.29, 1.82) is 0 Å². The molecule has 2 aliphatic rings. The molecule has 9 nitrogen and oxygen atoms in total. The number of carbonyl (C=O) groups excluding carboxylic acids is 1. The molecule has 0 unspecified atom stereocenters. The number of hydrogen-bond donors (Lipinski definition) is 2. The number of anilines is 2. The van der Waals surface area contributed by atoms with Gasteiger partial charge < -0.3 is 34.3 Å². The quantitative estimate of drug-likeness (QED) is 0.236. The molecule has 0 radical (unpaired) electrons. The van der Waals surface area contributed by atoms with E-state index in [1.807, 2.05) is 37.0 Å². The van der Waals surface area contributed by atoms with Crippen molar-refractivity contribution in [3.8, 4) is 17.2 Å². The molecule has 46 heavy (non-hydrogen) atoms. The lowest BCUT2D eigenvalue weighted by atomic mass is 9.89. The zero-order valence-electron chi connectivity index (χ0n) is 29.9. The standard InChI is InChI=1S/C35H53N5O4.C2H6/c1-24(2)22-39(23-25(3)4)34(41)27-13-15-29-30(16-14-27)40(18-17-36-21-26-11-9-8-10-12-26)35(38-29)37-28-19-31(42-5)33(44-7)32(20-28)43-6;1-2/h14-16,19-20,24-26,36H,8-13,17-18,21-23H2,1-7H3,(H,37,38);1-2H3. The van der Waals surface area contributed by atoms with E-state index in [0.717, 1.165) is 66.5 Å². The van der Waals surface area contributed by atoms with Crippen molar-refractivity contribution in [3.63, 3.8) is 0 Å². The Morgan fingerprint density at radius 3 is 2.15 bits per heavy atom. The number of amides is 1. The lowest BCUT2D eigenvalue weighted by Gasteiger charge is -2.27. The Morgan fingerprint density at radius 2 is 1.59 bits per heavy atom. The molecular formula is C37H59N5O4. The molecule has 0 bridgehead atoms. The minimum absolute atomic E-state index is 0.113. The van der Waals surface area contributed by atoms with Gasteiger partial charge in [-0.2, -0.15) is 0 Å². The summed E-state index contributed by atoms with van der Waals surface area (Å²) < 4.78 is 18.9. The maximum absolute atomic E-state index is 13.7. The number of carbonyl (C=O) groups is 1. The first-order chi connectivity index (χ1) is 22.2. The van der Waals surface area contributed by atoms with E-state index in [1.54, 1.807) is 21.3 Å². The molecule has 2 N–H and O–H groups in total. The fraction of sp³-hybridized carbons (Fsp3) is 0.622. The molecule has 9 heteroatoms. The van der Waals surface area contributed by atoms with Gasteiger partial charge in [-0.1, -0.05) is 73.0 Å². The summed E-state index contributed by atoms with van der Waals surface area (Å²) >= 11 is 0. The fourth-order valence-electron chi connectivity index (χ4n) is 6.24. The van der Waals surface area contributed by atoms with Gasteiger partial charge in [0.15, 0.2) is 11.5 Å². The molecule has 0 spiro atoms. The molecule has 0 aliphatic heterocycles. The lowest BCUT2D eigenvalue weighted by Crippen LogP contribution is -2.37. The van der Waals surface area contributed by atoms with Gasteiger partial charge in [-0.3, -0.25) is 4.79 Å². The third-order valence-corrected chi connectivity index (χ3v) is 8.32. The summed E-state index contributed by atoms with van der Waals surface area (Å²) in [6.45, 7) is 16.7. The lowest BCUT2D eigenvalue weighted by molar-refractivity contribution is -0.128. The number of nitrogens with zero attached hydrogens (tertiary/aromatic N) is 3. The minimum Gasteiger partial charge on any atom is -0.493 e. The predicted molar refractivity (Wildman–Crippen MR) is 190 cm³/mol. The van der Waals surface area contributed by atoms with E-state index >= 15 is 0 Å². The first-order valence-electron chi connectivity index (χ1n) is 17.3. The molecule has 1 fully saturated rings. The van der Waals surface area contributed by atoms with Crippen LogP contribution in [0.4, 0.5) is 11.6 Å². The Morgan fingerprint density at radius 1 is 0.957 bits per heavy atom. The summed E-state index contributed by atoms with van der Waals surface area (Å²) in [7, 11) is 4.82. The number of nitrogens with one attached hydrogen (secondary N) is 2.